The predicted molar refractivity (Wildman–Crippen MR) is 48.2 cm³/mol. The van der Waals surface area contributed by atoms with E-state index in [4.69, 9.17) is 0 Å². The summed E-state index contributed by atoms with van der Waals surface area (Å²) < 4.78 is 37.6. The minimum absolute atomic E-state index is 0.315. The number of hydrogen-bond acceptors (Lipinski definition) is 2. The maximum absolute atomic E-state index is 12.5. The molecule has 1 aromatic rings. The normalized spacial score (nSPS) is 17.9. The molecule has 0 aromatic carbocycles. The molecule has 1 aliphatic rings. The van der Waals surface area contributed by atoms with Gasteiger partial charge in [0.25, 0.3) is 0 Å². The first-order chi connectivity index (χ1) is 7.02. The zero-order chi connectivity index (χ0) is 11.1. The molecule has 0 saturated carbocycles. The number of fused-ring (bicyclic) bond motifs is 1. The molecule has 0 amide bonds. The van der Waals surface area contributed by atoms with Crippen LogP contribution in [0.5, 0.6) is 0 Å². The van der Waals surface area contributed by atoms with Gasteiger partial charge in [-0.15, -0.1) is 0 Å². The maximum Gasteiger partial charge on any atom is 0.435 e. The number of likely N-dealkylation sites (N-methyl/N-ethyl adjacent to an activating group) is 1. The van der Waals surface area contributed by atoms with E-state index in [1.54, 1.807) is 0 Å². The third-order valence-corrected chi connectivity index (χ3v) is 2.73. The summed E-state index contributed by atoms with van der Waals surface area (Å²) in [6.07, 6.45) is -3.73. The number of rotatable bonds is 1. The Morgan fingerprint density at radius 1 is 1.47 bits per heavy atom. The summed E-state index contributed by atoms with van der Waals surface area (Å²) in [5.74, 6) is 0. The second-order valence-electron chi connectivity index (χ2n) is 3.65. The molecule has 1 aromatic heterocycles. The molecule has 1 N–H and O–H groups in total. The fourth-order valence-electron chi connectivity index (χ4n) is 1.86. The smallest absolute Gasteiger partial charge is 0.299 e. The van der Waals surface area contributed by atoms with Crippen LogP contribution >= 0.6 is 0 Å². The van der Waals surface area contributed by atoms with Crippen molar-refractivity contribution in [3.63, 3.8) is 0 Å². The molecule has 2 rings (SSSR count). The maximum atomic E-state index is 12.5. The second kappa shape index (κ2) is 3.52. The van der Waals surface area contributed by atoms with Crippen LogP contribution in [0.25, 0.3) is 0 Å². The van der Waals surface area contributed by atoms with Gasteiger partial charge in [0.2, 0.25) is 0 Å². The van der Waals surface area contributed by atoms with Crippen molar-refractivity contribution in [1.29, 1.82) is 0 Å². The standard InChI is InChI=1S/C9H12F3N3/c1-2-15-4-3-7-6(5-15)8(14-13-7)9(10,11)12/h2-5H2,1H3,(H,13,14). The van der Waals surface area contributed by atoms with E-state index < -0.39 is 11.9 Å². The SMILES string of the molecule is CCN1CCc2[nH]nc(C(F)(F)F)c2C1. The fraction of sp³-hybridized carbons (Fsp3) is 0.667. The minimum Gasteiger partial charge on any atom is -0.299 e. The van der Waals surface area contributed by atoms with Gasteiger partial charge in [0.15, 0.2) is 5.69 Å². The molecule has 15 heavy (non-hydrogen) atoms. The highest BCUT2D eigenvalue weighted by atomic mass is 19.4. The van der Waals surface area contributed by atoms with Crippen LogP contribution < -0.4 is 0 Å². The largest absolute Gasteiger partial charge is 0.435 e. The molecule has 84 valence electrons. The molecule has 0 bridgehead atoms. The second-order valence-corrected chi connectivity index (χ2v) is 3.65. The molecular weight excluding hydrogens is 207 g/mol. The first-order valence-electron chi connectivity index (χ1n) is 4.88. The fourth-order valence-corrected chi connectivity index (χ4v) is 1.86. The summed E-state index contributed by atoms with van der Waals surface area (Å²) in [6, 6.07) is 0. The van der Waals surface area contributed by atoms with Gasteiger partial charge < -0.3 is 0 Å². The first-order valence-corrected chi connectivity index (χ1v) is 4.88. The van der Waals surface area contributed by atoms with E-state index in [2.05, 4.69) is 10.2 Å². The molecule has 0 aliphatic carbocycles. The lowest BCUT2D eigenvalue weighted by Crippen LogP contribution is -2.31. The lowest BCUT2D eigenvalue weighted by atomic mass is 10.1. The van der Waals surface area contributed by atoms with E-state index in [0.29, 0.717) is 24.2 Å². The third-order valence-electron chi connectivity index (χ3n) is 2.73. The number of halogens is 3. The van der Waals surface area contributed by atoms with E-state index in [-0.39, 0.29) is 0 Å². The van der Waals surface area contributed by atoms with Gasteiger partial charge >= 0.3 is 6.18 Å². The zero-order valence-electron chi connectivity index (χ0n) is 8.36. The molecule has 0 atom stereocenters. The van der Waals surface area contributed by atoms with Gasteiger partial charge in [-0.25, -0.2) is 0 Å². The minimum atomic E-state index is -4.35. The summed E-state index contributed by atoms with van der Waals surface area (Å²) in [6.45, 7) is 3.85. The Balaban J connectivity index is 2.34. The van der Waals surface area contributed by atoms with Crippen LogP contribution in [-0.2, 0) is 19.1 Å². The topological polar surface area (TPSA) is 31.9 Å². The van der Waals surface area contributed by atoms with E-state index in [1.807, 2.05) is 11.8 Å². The molecule has 2 heterocycles. The summed E-state index contributed by atoms with van der Waals surface area (Å²) >= 11 is 0. The van der Waals surface area contributed by atoms with Gasteiger partial charge in [-0.2, -0.15) is 18.3 Å². The Kier molecular flexibility index (Phi) is 2.46. The van der Waals surface area contributed by atoms with Crippen LogP contribution in [-0.4, -0.2) is 28.2 Å². The Morgan fingerprint density at radius 3 is 2.80 bits per heavy atom. The van der Waals surface area contributed by atoms with Gasteiger partial charge in [0.1, 0.15) is 0 Å². The molecule has 6 heteroatoms. The Hall–Kier alpha value is -1.04. The molecule has 3 nitrogen and oxygen atoms in total. The van der Waals surface area contributed by atoms with Gasteiger partial charge in [-0.05, 0) is 6.54 Å². The zero-order valence-corrected chi connectivity index (χ0v) is 8.36. The Morgan fingerprint density at radius 2 is 2.20 bits per heavy atom. The van der Waals surface area contributed by atoms with Gasteiger partial charge in [-0.3, -0.25) is 10.00 Å². The van der Waals surface area contributed by atoms with Crippen molar-refractivity contribution in [2.45, 2.75) is 26.1 Å². The number of alkyl halides is 3. The van der Waals surface area contributed by atoms with Crippen molar-refractivity contribution < 1.29 is 13.2 Å². The molecule has 0 radical (unpaired) electrons. The third kappa shape index (κ3) is 1.86. The summed E-state index contributed by atoms with van der Waals surface area (Å²) in [7, 11) is 0. The number of aromatic nitrogens is 2. The lowest BCUT2D eigenvalue weighted by molar-refractivity contribution is -0.142. The molecule has 0 saturated heterocycles. The van der Waals surface area contributed by atoms with Gasteiger partial charge in [0, 0.05) is 30.8 Å². The highest BCUT2D eigenvalue weighted by Gasteiger charge is 2.38. The van der Waals surface area contributed by atoms with Crippen LogP contribution in [0.3, 0.4) is 0 Å². The first kappa shape index (κ1) is 10.5. The van der Waals surface area contributed by atoms with E-state index in [1.165, 1.54) is 0 Å². The average molecular weight is 219 g/mol. The van der Waals surface area contributed by atoms with Crippen molar-refractivity contribution in [2.24, 2.45) is 0 Å². The van der Waals surface area contributed by atoms with Crippen LogP contribution in [0.15, 0.2) is 0 Å². The van der Waals surface area contributed by atoms with Crippen molar-refractivity contribution in [3.8, 4) is 0 Å². The number of aromatic amines is 1. The van der Waals surface area contributed by atoms with Crippen molar-refractivity contribution in [1.82, 2.24) is 15.1 Å². The number of hydrogen-bond donors (Lipinski definition) is 1. The summed E-state index contributed by atoms with van der Waals surface area (Å²) in [4.78, 5) is 1.98. The van der Waals surface area contributed by atoms with Crippen LogP contribution in [0.4, 0.5) is 13.2 Å². The number of nitrogens with zero attached hydrogens (tertiary/aromatic N) is 2. The summed E-state index contributed by atoms with van der Waals surface area (Å²) in [5, 5.41) is 5.84. The van der Waals surface area contributed by atoms with Crippen molar-refractivity contribution in [2.75, 3.05) is 13.1 Å². The van der Waals surface area contributed by atoms with E-state index >= 15 is 0 Å². The van der Waals surface area contributed by atoms with Gasteiger partial charge in [-0.1, -0.05) is 6.92 Å². The highest BCUT2D eigenvalue weighted by molar-refractivity contribution is 5.29. The molecule has 1 aliphatic heterocycles. The predicted octanol–water partition coefficient (Wildman–Crippen LogP) is 1.81. The molecular formula is C9H12F3N3. The molecule has 0 unspecified atom stereocenters. The van der Waals surface area contributed by atoms with Crippen LogP contribution in [0.1, 0.15) is 23.9 Å². The van der Waals surface area contributed by atoms with Crippen molar-refractivity contribution in [3.05, 3.63) is 17.0 Å². The molecule has 0 fully saturated rings. The monoisotopic (exact) mass is 219 g/mol. The average Bonchev–Trinajstić information content (AvgIpc) is 2.59. The van der Waals surface area contributed by atoms with Gasteiger partial charge in [0.05, 0.1) is 0 Å². The number of nitrogens with one attached hydrogen (secondary N) is 1. The Labute approximate surface area is 85.3 Å². The molecule has 0 spiro atoms. The van der Waals surface area contributed by atoms with Crippen molar-refractivity contribution >= 4 is 0 Å². The summed E-state index contributed by atoms with van der Waals surface area (Å²) in [5.41, 5.74) is 0.193. The Bertz CT molecular complexity index is 356. The van der Waals surface area contributed by atoms with Crippen LogP contribution in [0.2, 0.25) is 0 Å². The van der Waals surface area contributed by atoms with E-state index in [9.17, 15) is 13.2 Å². The van der Waals surface area contributed by atoms with Crippen LogP contribution in [0, 0.1) is 0 Å². The quantitative estimate of drug-likeness (QED) is 0.781. The highest BCUT2D eigenvalue weighted by Crippen LogP contribution is 2.33. The van der Waals surface area contributed by atoms with E-state index in [0.717, 1.165) is 13.1 Å². The number of H-pyrrole nitrogens is 1. The lowest BCUT2D eigenvalue weighted by Gasteiger charge is -2.25.